The SMILES string of the molecule is CC/C=C/C=C/C=C/C=C/CCCCCC(=O)OC(COC(=O)CCCCCCC/C=C/C=C/C=C/C=C/C=C/CCC)CO[C@H]1O[C@@H](CO)[C@@H](O)C(O)C1O. The lowest BCUT2D eigenvalue weighted by molar-refractivity contribution is -0.305. The maximum absolute atomic E-state index is 12.7. The van der Waals surface area contributed by atoms with E-state index in [9.17, 15) is 30.0 Å². The summed E-state index contributed by atoms with van der Waals surface area (Å²) < 4.78 is 22.0. The summed E-state index contributed by atoms with van der Waals surface area (Å²) in [5.41, 5.74) is 0. The van der Waals surface area contributed by atoms with Crippen LogP contribution < -0.4 is 0 Å². The molecule has 3 unspecified atom stereocenters. The number of carbonyl (C=O) groups excluding carboxylic acids is 2. The molecule has 10 heteroatoms. The summed E-state index contributed by atoms with van der Waals surface area (Å²) in [4.78, 5) is 25.2. The molecule has 1 aliphatic rings. The number of aliphatic hydroxyl groups excluding tert-OH is 4. The van der Waals surface area contributed by atoms with Gasteiger partial charge in [-0.15, -0.1) is 0 Å². The van der Waals surface area contributed by atoms with E-state index in [1.54, 1.807) is 0 Å². The zero-order valence-electron chi connectivity index (χ0n) is 33.8. The van der Waals surface area contributed by atoms with Crippen molar-refractivity contribution in [1.29, 1.82) is 0 Å². The highest BCUT2D eigenvalue weighted by Gasteiger charge is 2.44. The molecule has 10 nitrogen and oxygen atoms in total. The van der Waals surface area contributed by atoms with Gasteiger partial charge in [0.2, 0.25) is 0 Å². The predicted octanol–water partition coefficient (Wildman–Crippen LogP) is 8.16. The number of rotatable bonds is 31. The molecule has 314 valence electrons. The van der Waals surface area contributed by atoms with Gasteiger partial charge in [-0.25, -0.2) is 0 Å². The first kappa shape index (κ1) is 50.4. The van der Waals surface area contributed by atoms with Crippen LogP contribution >= 0.6 is 0 Å². The van der Waals surface area contributed by atoms with Crippen LogP contribution in [0.3, 0.4) is 0 Å². The van der Waals surface area contributed by atoms with Crippen LogP contribution in [0, 0.1) is 0 Å². The van der Waals surface area contributed by atoms with Crippen LogP contribution in [0.1, 0.15) is 110 Å². The highest BCUT2D eigenvalue weighted by atomic mass is 16.7. The van der Waals surface area contributed by atoms with Crippen molar-refractivity contribution in [3.05, 3.63) is 109 Å². The van der Waals surface area contributed by atoms with Gasteiger partial charge in [-0.3, -0.25) is 9.59 Å². The minimum absolute atomic E-state index is 0.170. The quantitative estimate of drug-likeness (QED) is 0.0308. The molecule has 1 rings (SSSR count). The van der Waals surface area contributed by atoms with Crippen molar-refractivity contribution >= 4 is 11.9 Å². The van der Waals surface area contributed by atoms with Crippen molar-refractivity contribution in [1.82, 2.24) is 0 Å². The molecule has 0 aliphatic carbocycles. The Morgan fingerprint density at radius 1 is 0.571 bits per heavy atom. The molecule has 0 aromatic carbocycles. The molecule has 1 aliphatic heterocycles. The molecule has 0 radical (unpaired) electrons. The summed E-state index contributed by atoms with van der Waals surface area (Å²) in [5.74, 6) is -0.898. The van der Waals surface area contributed by atoms with Crippen LogP contribution in [-0.4, -0.2) is 89.0 Å². The average molecular weight is 783 g/mol. The third-order valence-electron chi connectivity index (χ3n) is 8.60. The van der Waals surface area contributed by atoms with Gasteiger partial charge in [0.1, 0.15) is 31.0 Å². The molecule has 0 amide bonds. The molecule has 1 saturated heterocycles. The van der Waals surface area contributed by atoms with E-state index in [0.29, 0.717) is 12.8 Å². The minimum atomic E-state index is -1.61. The Hall–Kier alpha value is -3.64. The Kier molecular flexibility index (Phi) is 32.2. The van der Waals surface area contributed by atoms with Crippen LogP contribution in [0.15, 0.2) is 109 Å². The fraction of sp³-hybridized carbons (Fsp3) is 0.565. The van der Waals surface area contributed by atoms with E-state index in [2.05, 4.69) is 50.3 Å². The first-order chi connectivity index (χ1) is 27.3. The first-order valence-electron chi connectivity index (χ1n) is 20.6. The van der Waals surface area contributed by atoms with E-state index >= 15 is 0 Å². The van der Waals surface area contributed by atoms with Gasteiger partial charge in [-0.2, -0.15) is 0 Å². The molecule has 4 N–H and O–H groups in total. The smallest absolute Gasteiger partial charge is 0.306 e. The fourth-order valence-electron chi connectivity index (χ4n) is 5.34. The van der Waals surface area contributed by atoms with Crippen molar-refractivity contribution in [2.75, 3.05) is 19.8 Å². The lowest BCUT2D eigenvalue weighted by Gasteiger charge is -2.39. The van der Waals surface area contributed by atoms with Gasteiger partial charge in [0.15, 0.2) is 12.4 Å². The lowest BCUT2D eigenvalue weighted by Crippen LogP contribution is -2.59. The molecule has 0 aromatic heterocycles. The standard InChI is InChI=1S/C46H70O10/c1-3-5-7-9-11-13-15-17-18-19-20-21-23-24-26-28-30-32-34-41(48)53-37-39(38-54-46-45(52)44(51)43(50)40(36-47)56-46)55-42(49)35-33-31-29-27-25-22-16-14-12-10-8-6-4-2/h6-22,25,39-40,43-47,50-52H,3-5,23-24,26-38H2,1-2H3/b8-6+,9-7+,12-10+,13-11+,16-14+,17-15+,19-18+,21-20+,25-22+/t39?,40-,43+,44?,45?,46-/m0/s1. The van der Waals surface area contributed by atoms with Crippen molar-refractivity contribution in [3.8, 4) is 0 Å². The third kappa shape index (κ3) is 27.0. The molecule has 0 aromatic rings. The first-order valence-corrected chi connectivity index (χ1v) is 20.6. The third-order valence-corrected chi connectivity index (χ3v) is 8.60. The Balaban J connectivity index is 2.43. The van der Waals surface area contributed by atoms with Crippen molar-refractivity contribution in [2.45, 2.75) is 147 Å². The zero-order valence-corrected chi connectivity index (χ0v) is 33.8. The summed E-state index contributed by atoms with van der Waals surface area (Å²) in [7, 11) is 0. The van der Waals surface area contributed by atoms with Crippen molar-refractivity contribution in [2.24, 2.45) is 0 Å². The van der Waals surface area contributed by atoms with Gasteiger partial charge in [-0.05, 0) is 51.4 Å². The summed E-state index contributed by atoms with van der Waals surface area (Å²) >= 11 is 0. The molecule has 0 saturated carbocycles. The predicted molar refractivity (Wildman–Crippen MR) is 223 cm³/mol. The maximum atomic E-state index is 12.7. The van der Waals surface area contributed by atoms with E-state index in [-0.39, 0.29) is 26.1 Å². The number of unbranched alkanes of at least 4 members (excludes halogenated alkanes) is 9. The van der Waals surface area contributed by atoms with E-state index in [0.717, 1.165) is 70.6 Å². The van der Waals surface area contributed by atoms with Gasteiger partial charge in [-0.1, -0.05) is 155 Å². The van der Waals surface area contributed by atoms with Crippen LogP contribution in [-0.2, 0) is 28.5 Å². The van der Waals surface area contributed by atoms with Gasteiger partial charge in [0, 0.05) is 12.8 Å². The Bertz CT molecular complexity index is 1270. The van der Waals surface area contributed by atoms with Crippen molar-refractivity contribution < 1.29 is 49.0 Å². The molecule has 56 heavy (non-hydrogen) atoms. The van der Waals surface area contributed by atoms with Gasteiger partial charge in [0.05, 0.1) is 13.2 Å². The highest BCUT2D eigenvalue weighted by molar-refractivity contribution is 5.70. The van der Waals surface area contributed by atoms with E-state index in [1.807, 2.05) is 72.9 Å². The molecule has 0 bridgehead atoms. The topological polar surface area (TPSA) is 152 Å². The van der Waals surface area contributed by atoms with Gasteiger partial charge < -0.3 is 39.4 Å². The average Bonchev–Trinajstić information content (AvgIpc) is 3.19. The largest absolute Gasteiger partial charge is 0.462 e. The maximum Gasteiger partial charge on any atom is 0.306 e. The molecular formula is C46H70O10. The lowest BCUT2D eigenvalue weighted by atomic mass is 9.99. The Morgan fingerprint density at radius 3 is 1.61 bits per heavy atom. The Labute approximate surface area is 336 Å². The van der Waals surface area contributed by atoms with Crippen molar-refractivity contribution in [3.63, 3.8) is 0 Å². The van der Waals surface area contributed by atoms with Gasteiger partial charge >= 0.3 is 11.9 Å². The van der Waals surface area contributed by atoms with E-state index in [4.69, 9.17) is 18.9 Å². The van der Waals surface area contributed by atoms with E-state index < -0.39 is 55.4 Å². The normalized spacial score (nSPS) is 21.6. The molecule has 1 heterocycles. The number of hydrogen-bond acceptors (Lipinski definition) is 10. The second kappa shape index (κ2) is 35.8. The molecular weight excluding hydrogens is 712 g/mol. The molecule has 1 fully saturated rings. The summed E-state index contributed by atoms with van der Waals surface area (Å²) in [6, 6.07) is 0. The second-order valence-electron chi connectivity index (χ2n) is 13.6. The van der Waals surface area contributed by atoms with E-state index in [1.165, 1.54) is 0 Å². The second-order valence-corrected chi connectivity index (χ2v) is 13.6. The summed E-state index contributed by atoms with van der Waals surface area (Å²) in [6.45, 7) is 3.08. The van der Waals surface area contributed by atoms with Crippen LogP contribution in [0.2, 0.25) is 0 Å². The minimum Gasteiger partial charge on any atom is -0.462 e. The number of aliphatic hydroxyl groups is 4. The number of carbonyl (C=O) groups is 2. The van der Waals surface area contributed by atoms with Gasteiger partial charge in [0.25, 0.3) is 0 Å². The van der Waals surface area contributed by atoms with Crippen LogP contribution in [0.4, 0.5) is 0 Å². The highest BCUT2D eigenvalue weighted by Crippen LogP contribution is 2.22. The monoisotopic (exact) mass is 782 g/mol. The van der Waals surface area contributed by atoms with Crippen LogP contribution in [0.5, 0.6) is 0 Å². The van der Waals surface area contributed by atoms with Crippen LogP contribution in [0.25, 0.3) is 0 Å². The number of esters is 2. The summed E-state index contributed by atoms with van der Waals surface area (Å²) in [5, 5.41) is 40.0. The molecule has 0 spiro atoms. The zero-order chi connectivity index (χ0) is 40.9. The fourth-order valence-corrected chi connectivity index (χ4v) is 5.34. The number of allylic oxidation sites excluding steroid dienone is 18. The number of ether oxygens (including phenoxy) is 4. The molecule has 6 atom stereocenters. The Morgan fingerprint density at radius 2 is 1.05 bits per heavy atom. The number of hydrogen-bond donors (Lipinski definition) is 4. The summed E-state index contributed by atoms with van der Waals surface area (Å²) in [6.07, 6.45) is 40.9.